The lowest BCUT2D eigenvalue weighted by Crippen LogP contribution is -2.46. The van der Waals surface area contributed by atoms with Crippen molar-refractivity contribution in [3.8, 4) is 0 Å². The van der Waals surface area contributed by atoms with E-state index < -0.39 is 11.1 Å². The number of aromatic nitrogens is 1. The summed E-state index contributed by atoms with van der Waals surface area (Å²) >= 11 is 0.891. The number of rotatable bonds is 4. The van der Waals surface area contributed by atoms with Crippen molar-refractivity contribution < 1.29 is 19.1 Å². The molecule has 3 rings (SSSR count). The number of thioether (sulfide) groups is 1. The number of hydrogen-bond donors (Lipinski definition) is 0. The Kier molecular flexibility index (Phi) is 5.52. The Morgan fingerprint density at radius 1 is 1.27 bits per heavy atom. The molecule has 0 spiro atoms. The summed E-state index contributed by atoms with van der Waals surface area (Å²) in [5, 5.41) is -0.396. The summed E-state index contributed by atoms with van der Waals surface area (Å²) in [6.07, 6.45) is 1.75. The van der Waals surface area contributed by atoms with Crippen molar-refractivity contribution in [3.05, 3.63) is 27.9 Å². The Bertz CT molecular complexity index is 778. The summed E-state index contributed by atoms with van der Waals surface area (Å²) in [4.78, 5) is 40.2. The molecule has 2 aliphatic rings. The van der Waals surface area contributed by atoms with Gasteiger partial charge in [-0.3, -0.25) is 19.3 Å². The van der Waals surface area contributed by atoms with Gasteiger partial charge in [0.15, 0.2) is 0 Å². The SMILES string of the molecule is CCn1c(C)cc(/C=C2\SC(=O)N(CC(=O)N3CCOCC3)C2=O)c1C. The van der Waals surface area contributed by atoms with Crippen LogP contribution in [0.25, 0.3) is 6.08 Å². The summed E-state index contributed by atoms with van der Waals surface area (Å²) in [7, 11) is 0. The molecule has 1 aromatic rings. The van der Waals surface area contributed by atoms with Gasteiger partial charge in [0.2, 0.25) is 5.91 Å². The fourth-order valence-corrected chi connectivity index (χ4v) is 4.12. The molecule has 0 bridgehead atoms. The van der Waals surface area contributed by atoms with E-state index in [0.717, 1.165) is 40.2 Å². The molecular weight excluding hydrogens is 354 g/mol. The zero-order valence-corrected chi connectivity index (χ0v) is 16.1. The van der Waals surface area contributed by atoms with Crippen LogP contribution in [0.3, 0.4) is 0 Å². The largest absolute Gasteiger partial charge is 0.378 e. The molecule has 7 nitrogen and oxygen atoms in total. The molecule has 0 saturated carbocycles. The molecular formula is C18H23N3O4S. The van der Waals surface area contributed by atoms with Crippen LogP contribution in [0.5, 0.6) is 0 Å². The molecule has 0 unspecified atom stereocenters. The third kappa shape index (κ3) is 3.57. The van der Waals surface area contributed by atoms with Gasteiger partial charge >= 0.3 is 0 Å². The molecule has 140 valence electrons. The number of ether oxygens (including phenoxy) is 1. The normalized spacial score (nSPS) is 19.7. The first-order chi connectivity index (χ1) is 12.4. The lowest BCUT2D eigenvalue weighted by Gasteiger charge is -2.28. The van der Waals surface area contributed by atoms with Gasteiger partial charge in [-0.05, 0) is 50.2 Å². The summed E-state index contributed by atoms with van der Waals surface area (Å²) in [6.45, 7) is 8.67. The van der Waals surface area contributed by atoms with Crippen molar-refractivity contribution in [2.75, 3.05) is 32.8 Å². The van der Waals surface area contributed by atoms with E-state index in [4.69, 9.17) is 4.74 Å². The minimum absolute atomic E-state index is 0.212. The molecule has 2 fully saturated rings. The van der Waals surface area contributed by atoms with Crippen molar-refractivity contribution >= 4 is 34.9 Å². The highest BCUT2D eigenvalue weighted by molar-refractivity contribution is 8.18. The minimum Gasteiger partial charge on any atom is -0.378 e. The van der Waals surface area contributed by atoms with Crippen LogP contribution in [-0.2, 0) is 20.9 Å². The van der Waals surface area contributed by atoms with Crippen LogP contribution < -0.4 is 0 Å². The molecule has 3 amide bonds. The average molecular weight is 377 g/mol. The topological polar surface area (TPSA) is 71.8 Å². The zero-order chi connectivity index (χ0) is 18.8. The first-order valence-corrected chi connectivity index (χ1v) is 9.51. The van der Waals surface area contributed by atoms with Gasteiger partial charge in [-0.15, -0.1) is 0 Å². The number of amides is 3. The Hall–Kier alpha value is -2.06. The van der Waals surface area contributed by atoms with Crippen molar-refractivity contribution in [1.82, 2.24) is 14.4 Å². The lowest BCUT2D eigenvalue weighted by atomic mass is 10.2. The highest BCUT2D eigenvalue weighted by atomic mass is 32.2. The lowest BCUT2D eigenvalue weighted by molar-refractivity contribution is -0.139. The number of aryl methyl sites for hydroxylation is 1. The number of carbonyl (C=O) groups is 3. The van der Waals surface area contributed by atoms with Crippen LogP contribution >= 0.6 is 11.8 Å². The smallest absolute Gasteiger partial charge is 0.294 e. The maximum absolute atomic E-state index is 12.6. The third-order valence-electron chi connectivity index (χ3n) is 4.75. The van der Waals surface area contributed by atoms with E-state index in [1.165, 1.54) is 0 Å². The van der Waals surface area contributed by atoms with Crippen LogP contribution in [0.1, 0.15) is 23.9 Å². The molecule has 0 radical (unpaired) electrons. The standard InChI is InChI=1S/C18H23N3O4S/c1-4-20-12(2)9-14(13(20)3)10-15-17(23)21(18(24)26-15)11-16(22)19-5-7-25-8-6-19/h9-10H,4-8,11H2,1-3H3/b15-10-. The van der Waals surface area contributed by atoms with E-state index in [2.05, 4.69) is 11.5 Å². The van der Waals surface area contributed by atoms with Crippen molar-refractivity contribution in [2.24, 2.45) is 0 Å². The minimum atomic E-state index is -0.400. The third-order valence-corrected chi connectivity index (χ3v) is 5.65. The van der Waals surface area contributed by atoms with Gasteiger partial charge in [-0.25, -0.2) is 0 Å². The second-order valence-electron chi connectivity index (χ2n) is 6.33. The number of imide groups is 1. The zero-order valence-electron chi connectivity index (χ0n) is 15.3. The molecule has 0 atom stereocenters. The van der Waals surface area contributed by atoms with Crippen molar-refractivity contribution in [3.63, 3.8) is 0 Å². The Morgan fingerprint density at radius 2 is 1.96 bits per heavy atom. The van der Waals surface area contributed by atoms with E-state index in [-0.39, 0.29) is 12.5 Å². The summed E-state index contributed by atoms with van der Waals surface area (Å²) in [6, 6.07) is 2.01. The Labute approximate surface area is 156 Å². The van der Waals surface area contributed by atoms with Crippen LogP contribution in [-0.4, -0.2) is 64.3 Å². The van der Waals surface area contributed by atoms with Crippen LogP contribution in [0.15, 0.2) is 11.0 Å². The predicted octanol–water partition coefficient (Wildman–Crippen LogP) is 2.02. The summed E-state index contributed by atoms with van der Waals surface area (Å²) in [5.41, 5.74) is 3.09. The van der Waals surface area contributed by atoms with Crippen LogP contribution in [0.4, 0.5) is 4.79 Å². The quantitative estimate of drug-likeness (QED) is 0.751. The molecule has 0 N–H and O–H groups in total. The molecule has 8 heteroatoms. The van der Waals surface area contributed by atoms with Crippen LogP contribution in [0.2, 0.25) is 0 Å². The number of carbonyl (C=O) groups excluding carboxylic acids is 3. The highest BCUT2D eigenvalue weighted by Crippen LogP contribution is 2.33. The van der Waals surface area contributed by atoms with Crippen molar-refractivity contribution in [1.29, 1.82) is 0 Å². The predicted molar refractivity (Wildman–Crippen MR) is 99.7 cm³/mol. The summed E-state index contributed by atoms with van der Waals surface area (Å²) in [5.74, 6) is -0.621. The van der Waals surface area contributed by atoms with Gasteiger partial charge in [0.25, 0.3) is 11.1 Å². The van der Waals surface area contributed by atoms with Gasteiger partial charge in [0.1, 0.15) is 6.54 Å². The van der Waals surface area contributed by atoms with Gasteiger partial charge in [-0.2, -0.15) is 0 Å². The number of hydrogen-bond acceptors (Lipinski definition) is 5. The highest BCUT2D eigenvalue weighted by Gasteiger charge is 2.37. The van der Waals surface area contributed by atoms with Gasteiger partial charge in [-0.1, -0.05) is 0 Å². The van der Waals surface area contributed by atoms with E-state index in [1.807, 2.05) is 19.9 Å². The first-order valence-electron chi connectivity index (χ1n) is 8.70. The molecule has 2 aliphatic heterocycles. The molecule has 26 heavy (non-hydrogen) atoms. The first kappa shape index (κ1) is 18.7. The number of morpholine rings is 1. The maximum atomic E-state index is 12.6. The van der Waals surface area contributed by atoms with Crippen LogP contribution in [0, 0.1) is 13.8 Å². The maximum Gasteiger partial charge on any atom is 0.294 e. The fraction of sp³-hybridized carbons (Fsp3) is 0.500. The van der Waals surface area contributed by atoms with E-state index in [0.29, 0.717) is 31.2 Å². The van der Waals surface area contributed by atoms with Gasteiger partial charge in [0.05, 0.1) is 18.1 Å². The second kappa shape index (κ2) is 7.67. The molecule has 0 aromatic carbocycles. The monoisotopic (exact) mass is 377 g/mol. The number of nitrogens with zero attached hydrogens (tertiary/aromatic N) is 3. The second-order valence-corrected chi connectivity index (χ2v) is 7.32. The molecule has 3 heterocycles. The van der Waals surface area contributed by atoms with Crippen molar-refractivity contribution in [2.45, 2.75) is 27.3 Å². The Balaban J connectivity index is 1.75. The van der Waals surface area contributed by atoms with E-state index >= 15 is 0 Å². The van der Waals surface area contributed by atoms with E-state index in [1.54, 1.807) is 11.0 Å². The molecule has 2 saturated heterocycles. The molecule has 1 aromatic heterocycles. The molecule has 0 aliphatic carbocycles. The Morgan fingerprint density at radius 3 is 2.58 bits per heavy atom. The average Bonchev–Trinajstić information content (AvgIpc) is 3.05. The fourth-order valence-electron chi connectivity index (χ4n) is 3.29. The summed E-state index contributed by atoms with van der Waals surface area (Å²) < 4.78 is 7.37. The van der Waals surface area contributed by atoms with E-state index in [9.17, 15) is 14.4 Å². The van der Waals surface area contributed by atoms with Gasteiger partial charge < -0.3 is 14.2 Å². The van der Waals surface area contributed by atoms with Gasteiger partial charge in [0, 0.05) is 31.0 Å².